The molecule has 1 aliphatic carbocycles. The van der Waals surface area contributed by atoms with Gasteiger partial charge in [0.15, 0.2) is 11.3 Å². The van der Waals surface area contributed by atoms with Crippen LogP contribution in [0.1, 0.15) is 59.9 Å². The first-order valence-corrected chi connectivity index (χ1v) is 10.4. The van der Waals surface area contributed by atoms with Crippen molar-refractivity contribution < 1.29 is 26.7 Å². The SMILES string of the molecule is N#Cc1cnn2cc([C@@H](NC(=O)c3cnn(CCC(F)(F)F)n3)C3CCC(F)(F)CC3)nc2c1. The fraction of sp³-hybridized carbons (Fsp3) is 0.500. The fourth-order valence-electron chi connectivity index (χ4n) is 3.89. The van der Waals surface area contributed by atoms with E-state index in [2.05, 4.69) is 25.6 Å². The van der Waals surface area contributed by atoms with E-state index in [-0.39, 0.29) is 42.9 Å². The summed E-state index contributed by atoms with van der Waals surface area (Å²) < 4.78 is 66.2. The molecule has 4 rings (SSSR count). The molecule has 0 bridgehead atoms. The highest BCUT2D eigenvalue weighted by Gasteiger charge is 2.39. The zero-order chi connectivity index (χ0) is 24.5. The number of nitriles is 1. The number of halogens is 5. The minimum atomic E-state index is -4.40. The van der Waals surface area contributed by atoms with E-state index >= 15 is 0 Å². The summed E-state index contributed by atoms with van der Waals surface area (Å²) in [4.78, 5) is 18.0. The van der Waals surface area contributed by atoms with Gasteiger partial charge in [0.1, 0.15) is 6.07 Å². The Balaban J connectivity index is 1.57. The summed E-state index contributed by atoms with van der Waals surface area (Å²) in [6.45, 7) is -0.544. The van der Waals surface area contributed by atoms with Gasteiger partial charge in [-0.3, -0.25) is 4.79 Å². The summed E-state index contributed by atoms with van der Waals surface area (Å²) in [5.74, 6) is -3.87. The van der Waals surface area contributed by atoms with E-state index in [1.54, 1.807) is 0 Å². The molecule has 0 unspecified atom stereocenters. The zero-order valence-electron chi connectivity index (χ0n) is 17.6. The highest BCUT2D eigenvalue weighted by atomic mass is 19.4. The van der Waals surface area contributed by atoms with Gasteiger partial charge in [-0.05, 0) is 18.8 Å². The van der Waals surface area contributed by atoms with Crippen LogP contribution in [-0.4, -0.2) is 47.6 Å². The molecule has 1 amide bonds. The van der Waals surface area contributed by atoms with Crippen molar-refractivity contribution in [1.82, 2.24) is 34.9 Å². The second-order valence-electron chi connectivity index (χ2n) is 8.16. The van der Waals surface area contributed by atoms with Gasteiger partial charge in [0, 0.05) is 18.9 Å². The van der Waals surface area contributed by atoms with Crippen LogP contribution in [0.2, 0.25) is 0 Å². The minimum Gasteiger partial charge on any atom is -0.342 e. The number of fused-ring (bicyclic) bond motifs is 1. The molecule has 1 fully saturated rings. The average molecular weight is 482 g/mol. The van der Waals surface area contributed by atoms with Gasteiger partial charge in [-0.25, -0.2) is 18.3 Å². The second-order valence-corrected chi connectivity index (χ2v) is 8.16. The third-order valence-corrected chi connectivity index (χ3v) is 5.67. The van der Waals surface area contributed by atoms with E-state index in [0.29, 0.717) is 11.3 Å². The highest BCUT2D eigenvalue weighted by Crippen LogP contribution is 2.41. The normalized spacial score (nSPS) is 17.4. The monoisotopic (exact) mass is 482 g/mol. The Morgan fingerprint density at radius 3 is 2.68 bits per heavy atom. The van der Waals surface area contributed by atoms with E-state index in [1.165, 1.54) is 23.0 Å². The van der Waals surface area contributed by atoms with Crippen LogP contribution in [0, 0.1) is 17.2 Å². The number of rotatable bonds is 6. The number of aromatic nitrogens is 6. The molecular weight excluding hydrogens is 463 g/mol. The maximum atomic E-state index is 13.7. The van der Waals surface area contributed by atoms with Crippen molar-refractivity contribution in [3.63, 3.8) is 0 Å². The molecule has 14 heteroatoms. The lowest BCUT2D eigenvalue weighted by atomic mass is 9.81. The van der Waals surface area contributed by atoms with Gasteiger partial charge < -0.3 is 5.32 Å². The molecule has 180 valence electrons. The number of amides is 1. The van der Waals surface area contributed by atoms with Crippen molar-refractivity contribution in [2.45, 2.75) is 56.8 Å². The van der Waals surface area contributed by atoms with Crippen LogP contribution in [0.3, 0.4) is 0 Å². The Hall–Kier alpha value is -3.63. The number of carbonyl (C=O) groups is 1. The quantitative estimate of drug-likeness (QED) is 0.539. The number of nitrogens with one attached hydrogen (secondary N) is 1. The maximum Gasteiger partial charge on any atom is 0.390 e. The van der Waals surface area contributed by atoms with E-state index in [0.717, 1.165) is 11.0 Å². The van der Waals surface area contributed by atoms with Crippen molar-refractivity contribution in [1.29, 1.82) is 5.26 Å². The van der Waals surface area contributed by atoms with Gasteiger partial charge in [-0.15, -0.1) is 5.10 Å². The minimum absolute atomic E-state index is 0.126. The number of carbonyl (C=O) groups excluding carboxylic acids is 1. The molecule has 3 heterocycles. The fourth-order valence-corrected chi connectivity index (χ4v) is 3.89. The first-order chi connectivity index (χ1) is 16.0. The first kappa shape index (κ1) is 23.5. The lowest BCUT2D eigenvalue weighted by molar-refractivity contribution is -0.137. The average Bonchev–Trinajstić information content (AvgIpc) is 3.42. The van der Waals surface area contributed by atoms with Gasteiger partial charge in [0.05, 0.1) is 48.9 Å². The van der Waals surface area contributed by atoms with Crippen LogP contribution in [0.4, 0.5) is 22.0 Å². The highest BCUT2D eigenvalue weighted by molar-refractivity contribution is 5.92. The van der Waals surface area contributed by atoms with Crippen molar-refractivity contribution in [2.24, 2.45) is 5.92 Å². The molecule has 3 aromatic heterocycles. The van der Waals surface area contributed by atoms with E-state index in [9.17, 15) is 26.7 Å². The Bertz CT molecular complexity index is 1220. The molecule has 9 nitrogen and oxygen atoms in total. The molecule has 0 aromatic carbocycles. The summed E-state index contributed by atoms with van der Waals surface area (Å²) in [7, 11) is 0. The molecule has 0 saturated heterocycles. The van der Waals surface area contributed by atoms with Crippen LogP contribution < -0.4 is 5.32 Å². The topological polar surface area (TPSA) is 114 Å². The van der Waals surface area contributed by atoms with Gasteiger partial charge in [-0.2, -0.15) is 33.4 Å². The van der Waals surface area contributed by atoms with E-state index < -0.39 is 37.0 Å². The molecule has 34 heavy (non-hydrogen) atoms. The van der Waals surface area contributed by atoms with Crippen LogP contribution in [0.15, 0.2) is 24.7 Å². The molecule has 1 N–H and O–H groups in total. The summed E-state index contributed by atoms with van der Waals surface area (Å²) in [5, 5.41) is 23.4. The van der Waals surface area contributed by atoms with Gasteiger partial charge in [-0.1, -0.05) is 0 Å². The van der Waals surface area contributed by atoms with Gasteiger partial charge >= 0.3 is 6.18 Å². The van der Waals surface area contributed by atoms with Crippen molar-refractivity contribution in [3.05, 3.63) is 41.6 Å². The Morgan fingerprint density at radius 1 is 1.26 bits per heavy atom. The van der Waals surface area contributed by atoms with Crippen molar-refractivity contribution >= 4 is 11.6 Å². The Labute approximate surface area is 189 Å². The third kappa shape index (κ3) is 5.46. The van der Waals surface area contributed by atoms with Gasteiger partial charge in [0.2, 0.25) is 5.92 Å². The number of aryl methyl sites for hydroxylation is 1. The lowest BCUT2D eigenvalue weighted by Crippen LogP contribution is -2.37. The molecule has 3 aromatic rings. The standard InChI is InChI=1S/C20H19F5N8O/c21-19(22)3-1-13(2-4-19)17(15-11-32-16(29-15)7-12(8-26)9-27-32)30-18(34)14-10-28-33(31-14)6-5-20(23,24)25/h7,9-11,13,17H,1-6H2,(H,30,34)/t17-/m0/s1. The summed E-state index contributed by atoms with van der Waals surface area (Å²) in [5.41, 5.74) is 0.767. The maximum absolute atomic E-state index is 13.7. The van der Waals surface area contributed by atoms with Crippen molar-refractivity contribution in [2.75, 3.05) is 0 Å². The second kappa shape index (κ2) is 8.96. The lowest BCUT2D eigenvalue weighted by Gasteiger charge is -2.33. The predicted molar refractivity (Wildman–Crippen MR) is 106 cm³/mol. The number of hydrogen-bond donors (Lipinski definition) is 1. The Kier molecular flexibility index (Phi) is 6.20. The summed E-state index contributed by atoms with van der Waals surface area (Å²) in [6.07, 6.45) is -2.07. The third-order valence-electron chi connectivity index (χ3n) is 5.67. The molecule has 1 aliphatic rings. The smallest absolute Gasteiger partial charge is 0.342 e. The summed E-state index contributed by atoms with van der Waals surface area (Å²) in [6, 6.07) is 2.66. The molecular formula is C20H19F5N8O. The Morgan fingerprint density at radius 2 is 2.00 bits per heavy atom. The van der Waals surface area contributed by atoms with E-state index in [1.807, 2.05) is 6.07 Å². The van der Waals surface area contributed by atoms with Crippen LogP contribution in [0.25, 0.3) is 5.65 Å². The van der Waals surface area contributed by atoms with Gasteiger partial charge in [0.25, 0.3) is 5.91 Å². The molecule has 1 saturated carbocycles. The molecule has 0 spiro atoms. The largest absolute Gasteiger partial charge is 0.390 e. The number of alkyl halides is 5. The van der Waals surface area contributed by atoms with Crippen molar-refractivity contribution in [3.8, 4) is 6.07 Å². The number of nitrogens with zero attached hydrogens (tertiary/aromatic N) is 7. The molecule has 0 aliphatic heterocycles. The number of imidazole rings is 1. The van der Waals surface area contributed by atoms with Crippen LogP contribution in [0.5, 0.6) is 0 Å². The first-order valence-electron chi connectivity index (χ1n) is 10.4. The van der Waals surface area contributed by atoms with Crippen LogP contribution >= 0.6 is 0 Å². The van der Waals surface area contributed by atoms with Crippen LogP contribution in [-0.2, 0) is 6.54 Å². The molecule has 1 atom stereocenters. The number of hydrogen-bond acceptors (Lipinski definition) is 6. The van der Waals surface area contributed by atoms with E-state index in [4.69, 9.17) is 5.26 Å². The zero-order valence-corrected chi connectivity index (χ0v) is 17.6. The predicted octanol–water partition coefficient (Wildman–Crippen LogP) is 3.44. The summed E-state index contributed by atoms with van der Waals surface area (Å²) >= 11 is 0. The molecule has 0 radical (unpaired) electrons.